The molecule has 0 bridgehead atoms. The summed E-state index contributed by atoms with van der Waals surface area (Å²) in [6.45, 7) is 8.13. The predicted molar refractivity (Wildman–Crippen MR) is 85.2 cm³/mol. The minimum Gasteiger partial charge on any atom is -0.378 e. The van der Waals surface area contributed by atoms with Crippen LogP contribution in [0.1, 0.15) is 74.4 Å². The highest BCUT2D eigenvalue weighted by Crippen LogP contribution is 2.36. The first kappa shape index (κ1) is 15.9. The van der Waals surface area contributed by atoms with E-state index in [0.29, 0.717) is 12.5 Å². The lowest BCUT2D eigenvalue weighted by Gasteiger charge is -2.20. The Kier molecular flexibility index (Phi) is 5.58. The summed E-state index contributed by atoms with van der Waals surface area (Å²) in [5.74, 6) is 0.688. The molecule has 1 aliphatic rings. The van der Waals surface area contributed by atoms with Gasteiger partial charge in [0.05, 0.1) is 17.3 Å². The smallest absolute Gasteiger partial charge is 0.0963 e. The van der Waals surface area contributed by atoms with E-state index in [-0.39, 0.29) is 5.54 Å². The zero-order valence-electron chi connectivity index (χ0n) is 13.3. The second-order valence-corrected chi connectivity index (χ2v) is 7.91. The van der Waals surface area contributed by atoms with Crippen LogP contribution < -0.4 is 5.32 Å². The summed E-state index contributed by atoms with van der Waals surface area (Å²) in [7, 11) is 1.75. The molecule has 1 saturated carbocycles. The molecule has 0 spiro atoms. The van der Waals surface area contributed by atoms with Gasteiger partial charge in [0.2, 0.25) is 0 Å². The maximum atomic E-state index is 5.32. The van der Waals surface area contributed by atoms with Crippen molar-refractivity contribution in [3.63, 3.8) is 0 Å². The van der Waals surface area contributed by atoms with Crippen LogP contribution in [0.3, 0.4) is 0 Å². The Morgan fingerprint density at radius 3 is 2.55 bits per heavy atom. The van der Waals surface area contributed by atoms with E-state index in [0.717, 1.165) is 12.2 Å². The Morgan fingerprint density at radius 2 is 1.95 bits per heavy atom. The topological polar surface area (TPSA) is 34.1 Å². The predicted octanol–water partition coefficient (Wildman–Crippen LogP) is 4.23. The van der Waals surface area contributed by atoms with Crippen LogP contribution in [0.25, 0.3) is 0 Å². The number of hydrogen-bond donors (Lipinski definition) is 1. The summed E-state index contributed by atoms with van der Waals surface area (Å²) in [6.07, 6.45) is 6.74. The SMILES string of the molecule is COCc1nc(C2CCCCC2)sc1CNC(C)(C)C. The van der Waals surface area contributed by atoms with Crippen LogP contribution in [0.4, 0.5) is 0 Å². The quantitative estimate of drug-likeness (QED) is 0.883. The first-order valence-corrected chi connectivity index (χ1v) is 8.53. The van der Waals surface area contributed by atoms with Crippen molar-refractivity contribution in [2.75, 3.05) is 7.11 Å². The van der Waals surface area contributed by atoms with Gasteiger partial charge >= 0.3 is 0 Å². The van der Waals surface area contributed by atoms with Crippen molar-refractivity contribution in [1.29, 1.82) is 0 Å². The Hall–Kier alpha value is -0.450. The van der Waals surface area contributed by atoms with Gasteiger partial charge in [-0.05, 0) is 33.6 Å². The third-order valence-electron chi connectivity index (χ3n) is 3.81. The molecule has 0 saturated heterocycles. The van der Waals surface area contributed by atoms with Crippen LogP contribution >= 0.6 is 11.3 Å². The maximum Gasteiger partial charge on any atom is 0.0963 e. The number of nitrogens with one attached hydrogen (secondary N) is 1. The molecule has 1 aliphatic carbocycles. The Balaban J connectivity index is 2.10. The number of thiazole rings is 1. The summed E-state index contributed by atoms with van der Waals surface area (Å²) in [6, 6.07) is 0. The van der Waals surface area contributed by atoms with Crippen LogP contribution in [-0.2, 0) is 17.9 Å². The summed E-state index contributed by atoms with van der Waals surface area (Å²) in [5.41, 5.74) is 1.27. The molecule has 3 nitrogen and oxygen atoms in total. The van der Waals surface area contributed by atoms with Gasteiger partial charge in [0, 0.05) is 30.0 Å². The summed E-state index contributed by atoms with van der Waals surface area (Å²) in [5, 5.41) is 4.90. The molecular formula is C16H28N2OS. The van der Waals surface area contributed by atoms with E-state index in [4.69, 9.17) is 9.72 Å². The first-order chi connectivity index (χ1) is 9.49. The van der Waals surface area contributed by atoms with E-state index in [9.17, 15) is 0 Å². The average molecular weight is 296 g/mol. The maximum absolute atomic E-state index is 5.32. The van der Waals surface area contributed by atoms with E-state index < -0.39 is 0 Å². The fraction of sp³-hybridized carbons (Fsp3) is 0.812. The molecule has 0 radical (unpaired) electrons. The van der Waals surface area contributed by atoms with Crippen molar-refractivity contribution in [2.24, 2.45) is 0 Å². The number of ether oxygens (including phenoxy) is 1. The van der Waals surface area contributed by atoms with Crippen molar-refractivity contribution in [2.45, 2.75) is 77.5 Å². The number of nitrogens with zero attached hydrogens (tertiary/aromatic N) is 1. The van der Waals surface area contributed by atoms with Crippen molar-refractivity contribution in [3.05, 3.63) is 15.6 Å². The highest BCUT2D eigenvalue weighted by molar-refractivity contribution is 7.11. The minimum atomic E-state index is 0.138. The molecule has 0 amide bonds. The molecular weight excluding hydrogens is 268 g/mol. The van der Waals surface area contributed by atoms with E-state index in [1.807, 2.05) is 11.3 Å². The van der Waals surface area contributed by atoms with Gasteiger partial charge in [0.15, 0.2) is 0 Å². The molecule has 1 fully saturated rings. The first-order valence-electron chi connectivity index (χ1n) is 7.72. The van der Waals surface area contributed by atoms with E-state index in [1.54, 1.807) is 7.11 Å². The van der Waals surface area contributed by atoms with Gasteiger partial charge in [0.1, 0.15) is 0 Å². The highest BCUT2D eigenvalue weighted by Gasteiger charge is 2.22. The number of methoxy groups -OCH3 is 1. The molecule has 0 aliphatic heterocycles. The lowest BCUT2D eigenvalue weighted by atomic mass is 9.90. The number of hydrogen-bond acceptors (Lipinski definition) is 4. The van der Waals surface area contributed by atoms with Gasteiger partial charge in [-0.25, -0.2) is 4.98 Å². The highest BCUT2D eigenvalue weighted by atomic mass is 32.1. The van der Waals surface area contributed by atoms with Crippen molar-refractivity contribution < 1.29 is 4.74 Å². The van der Waals surface area contributed by atoms with Gasteiger partial charge in [-0.15, -0.1) is 11.3 Å². The monoisotopic (exact) mass is 296 g/mol. The van der Waals surface area contributed by atoms with Gasteiger partial charge in [-0.1, -0.05) is 19.3 Å². The molecule has 4 heteroatoms. The third-order valence-corrected chi connectivity index (χ3v) is 5.07. The van der Waals surface area contributed by atoms with Crippen LogP contribution in [0.5, 0.6) is 0 Å². The Bertz CT molecular complexity index is 417. The molecule has 1 aromatic rings. The number of rotatable bonds is 5. The second kappa shape index (κ2) is 7.01. The summed E-state index contributed by atoms with van der Waals surface area (Å²) < 4.78 is 5.32. The summed E-state index contributed by atoms with van der Waals surface area (Å²) in [4.78, 5) is 6.23. The average Bonchev–Trinajstić information content (AvgIpc) is 2.80. The fourth-order valence-corrected chi connectivity index (χ4v) is 3.84. The molecule has 0 atom stereocenters. The lowest BCUT2D eigenvalue weighted by molar-refractivity contribution is 0.180. The van der Waals surface area contributed by atoms with Crippen molar-refractivity contribution in [3.8, 4) is 0 Å². The molecule has 0 unspecified atom stereocenters. The molecule has 1 heterocycles. The van der Waals surface area contributed by atoms with Crippen molar-refractivity contribution >= 4 is 11.3 Å². The standard InChI is InChI=1S/C16H28N2OS/c1-16(2,3)17-10-14-13(11-19-4)18-15(20-14)12-8-6-5-7-9-12/h12,17H,5-11H2,1-4H3. The minimum absolute atomic E-state index is 0.138. The molecule has 1 aromatic heterocycles. The van der Waals surface area contributed by atoms with Crippen LogP contribution in [-0.4, -0.2) is 17.6 Å². The van der Waals surface area contributed by atoms with Crippen LogP contribution in [0, 0.1) is 0 Å². The molecule has 2 rings (SSSR count). The zero-order valence-corrected chi connectivity index (χ0v) is 14.1. The van der Waals surface area contributed by atoms with Gasteiger partial charge in [0.25, 0.3) is 0 Å². The Morgan fingerprint density at radius 1 is 1.25 bits per heavy atom. The molecule has 20 heavy (non-hydrogen) atoms. The zero-order chi connectivity index (χ0) is 14.6. The van der Waals surface area contributed by atoms with Gasteiger partial charge in [-0.3, -0.25) is 0 Å². The van der Waals surface area contributed by atoms with Crippen LogP contribution in [0.15, 0.2) is 0 Å². The van der Waals surface area contributed by atoms with Crippen LogP contribution in [0.2, 0.25) is 0 Å². The van der Waals surface area contributed by atoms with E-state index >= 15 is 0 Å². The van der Waals surface area contributed by atoms with Gasteiger partial charge in [-0.2, -0.15) is 0 Å². The van der Waals surface area contributed by atoms with Gasteiger partial charge < -0.3 is 10.1 Å². The second-order valence-electron chi connectivity index (χ2n) is 6.79. The molecule has 0 aromatic carbocycles. The lowest BCUT2D eigenvalue weighted by Crippen LogP contribution is -2.35. The van der Waals surface area contributed by atoms with Crippen molar-refractivity contribution in [1.82, 2.24) is 10.3 Å². The molecule has 1 N–H and O–H groups in total. The Labute approximate surface area is 127 Å². The van der Waals surface area contributed by atoms with E-state index in [1.165, 1.54) is 42.0 Å². The fourth-order valence-electron chi connectivity index (χ4n) is 2.66. The normalized spacial score (nSPS) is 17.6. The largest absolute Gasteiger partial charge is 0.378 e. The number of aromatic nitrogens is 1. The third kappa shape index (κ3) is 4.54. The summed E-state index contributed by atoms with van der Waals surface area (Å²) >= 11 is 1.89. The molecule has 114 valence electrons. The van der Waals surface area contributed by atoms with E-state index in [2.05, 4.69) is 26.1 Å².